The maximum atomic E-state index is 12.6. The molecule has 3 fully saturated rings. The van der Waals surface area contributed by atoms with E-state index in [1.54, 1.807) is 0 Å². The van der Waals surface area contributed by atoms with Crippen molar-refractivity contribution in [3.8, 4) is 0 Å². The molecule has 4 rings (SSSR count). The lowest BCUT2D eigenvalue weighted by Crippen LogP contribution is -2.47. The highest BCUT2D eigenvalue weighted by Crippen LogP contribution is 2.40. The maximum Gasteiger partial charge on any atom is 0.223 e. The van der Waals surface area contributed by atoms with Gasteiger partial charge in [0.1, 0.15) is 0 Å². The lowest BCUT2D eigenvalue weighted by Gasteiger charge is -2.36. The Bertz CT molecular complexity index is 648. The summed E-state index contributed by atoms with van der Waals surface area (Å²) in [6.07, 6.45) is 7.29. The molecule has 1 aromatic carbocycles. The summed E-state index contributed by atoms with van der Waals surface area (Å²) in [5, 5.41) is 4.14. The molecule has 154 valence electrons. The summed E-state index contributed by atoms with van der Waals surface area (Å²) in [5.74, 6) is 2.03. The molecule has 1 heterocycles. The number of amides is 1. The number of hydrogen-bond acceptors (Lipinski definition) is 3. The van der Waals surface area contributed by atoms with Crippen LogP contribution in [-0.2, 0) is 4.79 Å². The molecule has 28 heavy (non-hydrogen) atoms. The van der Waals surface area contributed by atoms with Crippen molar-refractivity contribution >= 4 is 23.2 Å². The van der Waals surface area contributed by atoms with E-state index in [4.69, 9.17) is 11.6 Å². The highest BCUT2D eigenvalue weighted by atomic mass is 35.5. The first-order chi connectivity index (χ1) is 13.6. The molecule has 0 aromatic heterocycles. The van der Waals surface area contributed by atoms with E-state index in [-0.39, 0.29) is 5.92 Å². The maximum absolute atomic E-state index is 12.6. The third-order valence-corrected chi connectivity index (χ3v) is 7.34. The molecule has 1 N–H and O–H groups in total. The van der Waals surface area contributed by atoms with Crippen molar-refractivity contribution in [2.45, 2.75) is 51.5 Å². The zero-order valence-electron chi connectivity index (χ0n) is 17.1. The minimum atomic E-state index is 0.262. The Hall–Kier alpha value is -1.26. The van der Waals surface area contributed by atoms with E-state index in [2.05, 4.69) is 34.2 Å². The average molecular weight is 404 g/mol. The van der Waals surface area contributed by atoms with Crippen LogP contribution in [0.25, 0.3) is 0 Å². The molecule has 1 aromatic rings. The molecule has 0 bridgehead atoms. The number of piperazine rings is 1. The molecule has 0 spiro atoms. The van der Waals surface area contributed by atoms with Gasteiger partial charge in [-0.25, -0.2) is 0 Å². The third-order valence-electron chi connectivity index (χ3n) is 7.09. The molecule has 0 unspecified atom stereocenters. The summed E-state index contributed by atoms with van der Waals surface area (Å²) < 4.78 is 0. The van der Waals surface area contributed by atoms with Gasteiger partial charge < -0.3 is 10.2 Å². The molecule has 5 heteroatoms. The highest BCUT2D eigenvalue weighted by Gasteiger charge is 2.44. The molecule has 0 radical (unpaired) electrons. The van der Waals surface area contributed by atoms with Gasteiger partial charge in [-0.15, -0.1) is 0 Å². The second-order valence-electron chi connectivity index (χ2n) is 9.00. The highest BCUT2D eigenvalue weighted by molar-refractivity contribution is 6.30. The van der Waals surface area contributed by atoms with Crippen molar-refractivity contribution in [1.29, 1.82) is 0 Å². The fourth-order valence-electron chi connectivity index (χ4n) is 4.97. The van der Waals surface area contributed by atoms with E-state index in [9.17, 15) is 4.79 Å². The summed E-state index contributed by atoms with van der Waals surface area (Å²) in [6.45, 7) is 7.61. The molecular formula is C23H34ClN3O. The van der Waals surface area contributed by atoms with Crippen LogP contribution in [0.1, 0.15) is 45.4 Å². The van der Waals surface area contributed by atoms with Crippen LogP contribution < -0.4 is 10.2 Å². The van der Waals surface area contributed by atoms with Crippen molar-refractivity contribution in [1.82, 2.24) is 10.2 Å². The number of nitrogens with one attached hydrogen (secondary N) is 1. The molecule has 1 amide bonds. The number of anilines is 1. The van der Waals surface area contributed by atoms with Gasteiger partial charge in [0.25, 0.3) is 0 Å². The van der Waals surface area contributed by atoms with Crippen molar-refractivity contribution in [2.24, 2.45) is 17.8 Å². The van der Waals surface area contributed by atoms with E-state index >= 15 is 0 Å². The van der Waals surface area contributed by atoms with Crippen LogP contribution in [0.5, 0.6) is 0 Å². The van der Waals surface area contributed by atoms with Crippen LogP contribution in [0.3, 0.4) is 0 Å². The molecular weight excluding hydrogens is 370 g/mol. The van der Waals surface area contributed by atoms with Crippen molar-refractivity contribution in [3.63, 3.8) is 0 Å². The van der Waals surface area contributed by atoms with Crippen molar-refractivity contribution < 1.29 is 4.79 Å². The van der Waals surface area contributed by atoms with Gasteiger partial charge in [-0.2, -0.15) is 0 Å². The van der Waals surface area contributed by atoms with Gasteiger partial charge in [0.2, 0.25) is 5.91 Å². The van der Waals surface area contributed by atoms with Crippen LogP contribution >= 0.6 is 11.6 Å². The largest absolute Gasteiger partial charge is 0.369 e. The number of hydrogen-bond donors (Lipinski definition) is 1. The van der Waals surface area contributed by atoms with E-state index < -0.39 is 0 Å². The number of nitrogens with zero attached hydrogens (tertiary/aromatic N) is 2. The van der Waals surface area contributed by atoms with Crippen LogP contribution in [0.15, 0.2) is 24.3 Å². The summed E-state index contributed by atoms with van der Waals surface area (Å²) >= 11 is 5.99. The fourth-order valence-corrected chi connectivity index (χ4v) is 5.09. The van der Waals surface area contributed by atoms with Gasteiger partial charge >= 0.3 is 0 Å². The minimum Gasteiger partial charge on any atom is -0.369 e. The van der Waals surface area contributed by atoms with Crippen LogP contribution in [-0.4, -0.2) is 49.6 Å². The predicted molar refractivity (Wildman–Crippen MR) is 116 cm³/mol. The SMILES string of the molecule is CCC1CCC(NC(=O)[C@H]2C[C@@H]2CN2CCN(c3ccc(Cl)cc3)CC2)CC1. The average Bonchev–Trinajstić information content (AvgIpc) is 3.49. The Morgan fingerprint density at radius 3 is 2.39 bits per heavy atom. The number of benzene rings is 1. The van der Waals surface area contributed by atoms with Crippen molar-refractivity contribution in [3.05, 3.63) is 29.3 Å². The Balaban J connectivity index is 1.16. The standard InChI is InChI=1S/C23H34ClN3O/c1-2-17-3-7-20(8-4-17)25-23(28)22-15-18(22)16-26-11-13-27(14-12-26)21-9-5-19(24)6-10-21/h5-6,9-10,17-18,20,22H,2-4,7-8,11-16H2,1H3,(H,25,28)/t17?,18-,20?,22+/m1/s1. The molecule has 2 atom stereocenters. The van der Waals surface area contributed by atoms with Gasteiger partial charge in [-0.1, -0.05) is 24.9 Å². The summed E-state index contributed by atoms with van der Waals surface area (Å²) in [6, 6.07) is 8.57. The Labute approximate surface area is 174 Å². The van der Waals surface area contributed by atoms with Gasteiger partial charge in [-0.3, -0.25) is 9.69 Å². The quantitative estimate of drug-likeness (QED) is 0.773. The van der Waals surface area contributed by atoms with E-state index in [1.165, 1.54) is 37.8 Å². The van der Waals surface area contributed by atoms with E-state index in [1.807, 2.05) is 12.1 Å². The van der Waals surface area contributed by atoms with Gasteiger partial charge in [0.05, 0.1) is 0 Å². The summed E-state index contributed by atoms with van der Waals surface area (Å²) in [7, 11) is 0. The number of carbonyl (C=O) groups is 1. The monoisotopic (exact) mass is 403 g/mol. The first-order valence-electron chi connectivity index (χ1n) is 11.2. The van der Waals surface area contributed by atoms with Gasteiger partial charge in [-0.05, 0) is 68.2 Å². The van der Waals surface area contributed by atoms with Crippen molar-refractivity contribution in [2.75, 3.05) is 37.6 Å². The topological polar surface area (TPSA) is 35.6 Å². The van der Waals surface area contributed by atoms with Crippen LogP contribution in [0, 0.1) is 17.8 Å². The summed E-state index contributed by atoms with van der Waals surface area (Å²) in [4.78, 5) is 17.6. The first kappa shape index (κ1) is 20.0. The summed E-state index contributed by atoms with van der Waals surface area (Å²) in [5.41, 5.74) is 1.26. The molecule has 3 aliphatic rings. The smallest absolute Gasteiger partial charge is 0.223 e. The lowest BCUT2D eigenvalue weighted by molar-refractivity contribution is -0.123. The first-order valence-corrected chi connectivity index (χ1v) is 11.5. The minimum absolute atomic E-state index is 0.262. The Morgan fingerprint density at radius 1 is 1.07 bits per heavy atom. The number of rotatable bonds is 6. The molecule has 1 aliphatic heterocycles. The molecule has 2 saturated carbocycles. The van der Waals surface area contributed by atoms with E-state index in [0.717, 1.165) is 50.1 Å². The number of carbonyl (C=O) groups excluding carboxylic acids is 1. The predicted octanol–water partition coefficient (Wildman–Crippen LogP) is 4.18. The zero-order valence-corrected chi connectivity index (χ0v) is 17.8. The van der Waals surface area contributed by atoms with Gasteiger partial charge in [0.15, 0.2) is 0 Å². The molecule has 1 saturated heterocycles. The second-order valence-corrected chi connectivity index (χ2v) is 9.44. The fraction of sp³-hybridized carbons (Fsp3) is 0.696. The molecule has 4 nitrogen and oxygen atoms in total. The number of halogens is 1. The van der Waals surface area contributed by atoms with Gasteiger partial charge in [0, 0.05) is 55.4 Å². The van der Waals surface area contributed by atoms with E-state index in [0.29, 0.717) is 17.9 Å². The third kappa shape index (κ3) is 5.01. The lowest BCUT2D eigenvalue weighted by atomic mass is 9.84. The normalized spacial score (nSPS) is 30.9. The Kier molecular flexibility index (Phi) is 6.47. The molecule has 2 aliphatic carbocycles. The van der Waals surface area contributed by atoms with Crippen LogP contribution in [0.2, 0.25) is 5.02 Å². The zero-order chi connectivity index (χ0) is 19.5. The Morgan fingerprint density at radius 2 is 1.75 bits per heavy atom. The van der Waals surface area contributed by atoms with Crippen LogP contribution in [0.4, 0.5) is 5.69 Å². The second kappa shape index (κ2) is 9.04.